The van der Waals surface area contributed by atoms with E-state index in [1.165, 1.54) is 20.8 Å². The summed E-state index contributed by atoms with van der Waals surface area (Å²) < 4.78 is 0. The summed E-state index contributed by atoms with van der Waals surface area (Å²) in [6.07, 6.45) is 0. The largest absolute Gasteiger partial charge is 0.756 e. The molecule has 0 aromatic rings. The molecular weight excluding hydrogens is 494 g/mol. The van der Waals surface area contributed by atoms with Gasteiger partial charge >= 0.3 is 0 Å². The summed E-state index contributed by atoms with van der Waals surface area (Å²) in [6.45, 7) is 7.71. The van der Waals surface area contributed by atoms with Crippen LogP contribution in [0.1, 0.15) is 41.5 Å². The third-order valence-electron chi connectivity index (χ3n) is 5.31. The van der Waals surface area contributed by atoms with E-state index in [1.54, 1.807) is 4.90 Å². The lowest BCUT2D eigenvalue weighted by molar-refractivity contribution is -0.135. The molecule has 0 bridgehead atoms. The van der Waals surface area contributed by atoms with Gasteiger partial charge in [-0.15, -0.1) is 0 Å². The maximum absolute atomic E-state index is 12.1. The van der Waals surface area contributed by atoms with Crippen molar-refractivity contribution in [3.8, 4) is 0 Å². The van der Waals surface area contributed by atoms with Crippen molar-refractivity contribution in [3.05, 3.63) is 15.6 Å². The van der Waals surface area contributed by atoms with Crippen molar-refractivity contribution in [1.29, 1.82) is 0 Å². The van der Waals surface area contributed by atoms with Gasteiger partial charge in [-0.2, -0.15) is 0 Å². The highest BCUT2D eigenvalue weighted by molar-refractivity contribution is 5.88. The van der Waals surface area contributed by atoms with Gasteiger partial charge in [-0.3, -0.25) is 33.7 Å². The normalized spacial score (nSPS) is 13.1. The third kappa shape index (κ3) is 12.0. The summed E-state index contributed by atoms with van der Waals surface area (Å²) in [5.41, 5.74) is 0. The number of hydroxylamine groups is 6. The SMILES string of the molecule is CC(=O)N([O-])[C@H](C)C(=O)NCCN(CCNC(=O)[C@@H](C)N([O-])C(C)=O)CCNC(=O)[C@@H](C)N([O-])C(C)=O. The lowest BCUT2D eigenvalue weighted by Crippen LogP contribution is -2.49. The summed E-state index contributed by atoms with van der Waals surface area (Å²) >= 11 is 0. The molecule has 0 aromatic carbocycles. The molecule has 0 rings (SSSR count). The average molecular weight is 531 g/mol. The molecule has 0 unspecified atom stereocenters. The van der Waals surface area contributed by atoms with Crippen LogP contribution in [0.2, 0.25) is 0 Å². The molecular formula is C21H36N7O9-3. The molecule has 212 valence electrons. The maximum Gasteiger partial charge on any atom is 0.241 e. The molecule has 0 spiro atoms. The molecule has 0 heterocycles. The highest BCUT2D eigenvalue weighted by atomic mass is 16.5. The second kappa shape index (κ2) is 16.4. The molecule has 6 amide bonds. The number of rotatable bonds is 15. The van der Waals surface area contributed by atoms with E-state index in [0.29, 0.717) is 0 Å². The number of carbonyl (C=O) groups is 6. The Bertz CT molecular complexity index is 722. The van der Waals surface area contributed by atoms with E-state index in [4.69, 9.17) is 0 Å². The summed E-state index contributed by atoms with van der Waals surface area (Å²) in [5, 5.41) is 42.5. The van der Waals surface area contributed by atoms with Gasteiger partial charge in [-0.25, -0.2) is 0 Å². The predicted molar refractivity (Wildman–Crippen MR) is 132 cm³/mol. The van der Waals surface area contributed by atoms with Crippen molar-refractivity contribution in [2.45, 2.75) is 59.7 Å². The molecule has 16 nitrogen and oxygen atoms in total. The van der Waals surface area contributed by atoms with Crippen molar-refractivity contribution in [1.82, 2.24) is 36.0 Å². The van der Waals surface area contributed by atoms with Crippen molar-refractivity contribution in [2.24, 2.45) is 0 Å². The zero-order valence-corrected chi connectivity index (χ0v) is 21.9. The Kier molecular flexibility index (Phi) is 14.9. The van der Waals surface area contributed by atoms with E-state index in [2.05, 4.69) is 16.0 Å². The van der Waals surface area contributed by atoms with Gasteiger partial charge in [0.05, 0.1) is 18.1 Å². The van der Waals surface area contributed by atoms with Crippen molar-refractivity contribution in [2.75, 3.05) is 39.3 Å². The predicted octanol–water partition coefficient (Wildman–Crippen LogP) is -2.16. The number of carbonyl (C=O) groups excluding carboxylic acids is 6. The molecule has 0 fully saturated rings. The Balaban J connectivity index is 4.97. The summed E-state index contributed by atoms with van der Waals surface area (Å²) in [6, 6.07) is -3.71. The van der Waals surface area contributed by atoms with Crippen LogP contribution in [0.15, 0.2) is 0 Å². The van der Waals surface area contributed by atoms with Crippen LogP contribution in [0.25, 0.3) is 0 Å². The lowest BCUT2D eigenvalue weighted by Gasteiger charge is -2.33. The monoisotopic (exact) mass is 530 g/mol. The van der Waals surface area contributed by atoms with E-state index in [0.717, 1.165) is 20.8 Å². The average Bonchev–Trinajstić information content (AvgIpc) is 2.84. The van der Waals surface area contributed by atoms with Crippen LogP contribution in [-0.4, -0.2) is 113 Å². The molecule has 0 saturated carbocycles. The lowest BCUT2D eigenvalue weighted by atomic mass is 10.3. The van der Waals surface area contributed by atoms with Gasteiger partial charge in [0, 0.05) is 60.0 Å². The number of nitrogens with zero attached hydrogens (tertiary/aromatic N) is 4. The first-order valence-electron chi connectivity index (χ1n) is 11.6. The standard InChI is InChI=1S/C21H36N7O9/c1-13(26(35)16(4)29)19(32)22-7-10-25(11-8-23-20(33)14(2)27(36)17(5)30)12-9-24-21(34)15(3)28(37)18(6)31/h13-15H,7-12H2,1-6H3,(H,22,32)(H,23,33)(H,24,34)/q-3/t13-,14-,15-/m1/s1. The molecule has 0 aromatic heterocycles. The van der Waals surface area contributed by atoms with Crippen molar-refractivity contribution in [3.63, 3.8) is 0 Å². The fraction of sp³-hybridized carbons (Fsp3) is 0.714. The van der Waals surface area contributed by atoms with Crippen LogP contribution in [0.4, 0.5) is 0 Å². The van der Waals surface area contributed by atoms with E-state index < -0.39 is 53.6 Å². The highest BCUT2D eigenvalue weighted by Gasteiger charge is 2.19. The first-order chi connectivity index (χ1) is 17.1. The molecule has 37 heavy (non-hydrogen) atoms. The van der Waals surface area contributed by atoms with Crippen LogP contribution >= 0.6 is 0 Å². The van der Waals surface area contributed by atoms with Gasteiger partial charge in [0.2, 0.25) is 35.4 Å². The zero-order valence-electron chi connectivity index (χ0n) is 21.9. The fourth-order valence-corrected chi connectivity index (χ4v) is 2.93. The van der Waals surface area contributed by atoms with Gasteiger partial charge in [0.1, 0.15) is 0 Å². The molecule has 0 radical (unpaired) electrons. The number of amides is 6. The van der Waals surface area contributed by atoms with Gasteiger partial charge in [0.15, 0.2) is 0 Å². The Morgan fingerprint density at radius 3 is 0.946 bits per heavy atom. The first-order valence-corrected chi connectivity index (χ1v) is 11.6. The van der Waals surface area contributed by atoms with Crippen LogP contribution in [0.3, 0.4) is 0 Å². The van der Waals surface area contributed by atoms with Gasteiger partial charge in [-0.05, 0) is 20.8 Å². The first kappa shape index (κ1) is 33.7. The number of hydrogen-bond donors (Lipinski definition) is 3. The summed E-state index contributed by atoms with van der Waals surface area (Å²) in [5.74, 6) is -4.47. The second-order valence-electron chi connectivity index (χ2n) is 8.28. The van der Waals surface area contributed by atoms with Crippen LogP contribution in [0, 0.1) is 15.6 Å². The molecule has 3 atom stereocenters. The Morgan fingerprint density at radius 1 is 0.541 bits per heavy atom. The summed E-state index contributed by atoms with van der Waals surface area (Å²) in [4.78, 5) is 71.5. The van der Waals surface area contributed by atoms with Gasteiger partial charge in [0.25, 0.3) is 0 Å². The van der Waals surface area contributed by atoms with Crippen molar-refractivity contribution < 1.29 is 28.8 Å². The molecule has 0 aliphatic rings. The molecule has 0 aliphatic heterocycles. The van der Waals surface area contributed by atoms with E-state index in [1.807, 2.05) is 0 Å². The number of nitrogens with one attached hydrogen (secondary N) is 3. The van der Waals surface area contributed by atoms with E-state index >= 15 is 0 Å². The Labute approximate surface area is 215 Å². The summed E-state index contributed by atoms with van der Waals surface area (Å²) in [7, 11) is 0. The minimum absolute atomic E-state index is 0.0429. The Hall–Kier alpha value is -3.34. The van der Waals surface area contributed by atoms with Crippen LogP contribution in [0.5, 0.6) is 0 Å². The fourth-order valence-electron chi connectivity index (χ4n) is 2.93. The van der Waals surface area contributed by atoms with Crippen molar-refractivity contribution >= 4 is 35.4 Å². The second-order valence-corrected chi connectivity index (χ2v) is 8.28. The Morgan fingerprint density at radius 2 is 0.757 bits per heavy atom. The molecule has 3 N–H and O–H groups in total. The zero-order chi connectivity index (χ0) is 28.9. The third-order valence-corrected chi connectivity index (χ3v) is 5.31. The quantitative estimate of drug-likeness (QED) is 0.195. The van der Waals surface area contributed by atoms with Gasteiger partial charge in [-0.1, -0.05) is 0 Å². The van der Waals surface area contributed by atoms with Gasteiger partial charge < -0.3 is 46.8 Å². The molecule has 16 heteroatoms. The topological polar surface area (TPSA) is 221 Å². The van der Waals surface area contributed by atoms with E-state index in [9.17, 15) is 44.4 Å². The minimum Gasteiger partial charge on any atom is -0.756 e. The maximum atomic E-state index is 12.1. The minimum atomic E-state index is -1.24. The molecule has 0 saturated heterocycles. The number of hydrogen-bond acceptors (Lipinski definition) is 10. The smallest absolute Gasteiger partial charge is 0.241 e. The molecule has 0 aliphatic carbocycles. The van der Waals surface area contributed by atoms with Crippen LogP contribution < -0.4 is 16.0 Å². The highest BCUT2D eigenvalue weighted by Crippen LogP contribution is 2.00. The van der Waals surface area contributed by atoms with Crippen LogP contribution in [-0.2, 0) is 28.8 Å². The van der Waals surface area contributed by atoms with E-state index in [-0.39, 0.29) is 54.5 Å².